The highest BCUT2D eigenvalue weighted by atomic mass is 79.9. The largest absolute Gasteiger partial charge is 0.489 e. The van der Waals surface area contributed by atoms with Crippen LogP contribution in [0, 0.1) is 20.8 Å². The molecule has 7 fully saturated rings. The van der Waals surface area contributed by atoms with Crippen molar-refractivity contribution in [3.05, 3.63) is 178 Å². The van der Waals surface area contributed by atoms with E-state index in [-0.39, 0.29) is 57.3 Å². The lowest BCUT2D eigenvalue weighted by molar-refractivity contribution is -0.137. The molecule has 7 saturated heterocycles. The van der Waals surface area contributed by atoms with Crippen LogP contribution < -0.4 is 55.0 Å². The van der Waals surface area contributed by atoms with E-state index in [1.807, 2.05) is 57.9 Å². The summed E-state index contributed by atoms with van der Waals surface area (Å²) in [6.45, 7) is 21.1. The number of sulfone groups is 4. The smallest absolute Gasteiger partial charge is 0.437 e. The third-order valence-corrected chi connectivity index (χ3v) is 32.0. The number of hydrogen-bond donors (Lipinski definition) is 15. The van der Waals surface area contributed by atoms with Crippen LogP contribution in [0.15, 0.2) is 181 Å². The molecule has 0 aliphatic carbocycles. The summed E-state index contributed by atoms with van der Waals surface area (Å²) in [5.74, 6) is 1.03. The standard InChI is InChI=1S/C14H13BN2O4S.C14H11BrN2O2S.C14H13N3O2S.C6H15BN2O.C6H6BrNO2S.2C6H13NO2S.C6H13NO2.C5H12N2.2C4H9N.C3H9NO2/c1-10-9-12-13(15(18)19)7-8-16-14(12)17(10)22(20,21)11-5-3-2-4-6-11;1-10-9-12-13(15)7-8-16-14(12)17(10)20(18,19)11-5-3-2-4-6-11;1-9-7-12-11(5-6-15-14(12)17-9)10-3-4-13(16-8-10)20(2,18)19;1-7(10)9-4-2-6(8)3-5-9;1-11(9,10)6-3-2-5(7)4-8-6;2*1-7-6-2-4-10(8,9)5-3-6;1-6(2)8-4-5(3-7)9-6;6-5-1-3-7-4-2-5;2*1-2-4-5-3-1;4-1-3(6)2-5/h2-9,18-19H,1H3;2-9H,1H3;3-8H,1-2H3,(H,15,17);6,10H,2-5,8H2,1H3;2-4H,1H3;2*6-7H,2-5H2,1H3;5H,3-4,7H2,1-2H3;5,7H,1-4,6H2;2*5H,1-4H2;3,5-6H,1-2,4H2. The number of aliphatic hydroxyl groups excluding tert-OH is 2. The molecule has 135 heavy (non-hydrogen) atoms. The van der Waals surface area contributed by atoms with Crippen LogP contribution in [0.2, 0.25) is 6.82 Å². The van der Waals surface area contributed by atoms with Crippen molar-refractivity contribution in [2.75, 3.05) is 128 Å². The van der Waals surface area contributed by atoms with Crippen molar-refractivity contribution in [1.29, 1.82) is 0 Å². The number of nitrogens with one attached hydrogen (secondary N) is 6. The van der Waals surface area contributed by atoms with Gasteiger partial charge in [-0.3, -0.25) is 0 Å². The number of halogens is 2. The third-order valence-electron chi connectivity index (χ3n) is 21.8. The summed E-state index contributed by atoms with van der Waals surface area (Å²) in [4.78, 5) is 25.9. The molecule has 2 unspecified atom stereocenters. The highest BCUT2D eigenvalue weighted by molar-refractivity contribution is 9.11. The third kappa shape index (κ3) is 39.5. The molecule has 0 amide bonds. The number of aryl methyl sites for hydroxylation is 3. The van der Waals surface area contributed by atoms with Gasteiger partial charge in [0, 0.05) is 129 Å². The zero-order valence-corrected chi connectivity index (χ0v) is 86.5. The highest BCUT2D eigenvalue weighted by Gasteiger charge is 2.32. The number of benzene rings is 2. The van der Waals surface area contributed by atoms with Gasteiger partial charge in [-0.05, 0) is 313 Å². The molecule has 0 spiro atoms. The highest BCUT2D eigenvalue weighted by Crippen LogP contribution is 2.31. The lowest BCUT2D eigenvalue weighted by Crippen LogP contribution is -2.46. The molecule has 0 radical (unpaired) electrons. The summed E-state index contributed by atoms with van der Waals surface area (Å²) >= 11 is 6.57. The fourth-order valence-corrected chi connectivity index (χ4v) is 21.8. The first-order valence-electron chi connectivity index (χ1n) is 44.5. The molecule has 10 aromatic rings. The monoisotopic (exact) mass is 2120 g/mol. The number of ether oxygens (including phenoxy) is 2. The number of aromatic nitrogens is 8. The van der Waals surface area contributed by atoms with Crippen molar-refractivity contribution in [3.63, 3.8) is 0 Å². The molecule has 2 aromatic carbocycles. The Morgan fingerprint density at radius 2 is 1.01 bits per heavy atom. The van der Waals surface area contributed by atoms with Crippen LogP contribution in [0.25, 0.3) is 44.2 Å². The van der Waals surface area contributed by atoms with E-state index in [4.69, 9.17) is 47.6 Å². The average molecular weight is 2120 g/mol. The van der Waals surface area contributed by atoms with Gasteiger partial charge < -0.3 is 94.1 Å². The SMILES string of the molecule is C1CCNC1.C1CCNC1.CB(O)N1CCC(N)CC1.CC1(C)OCC(CN)O1.CNC1CCS(=O)(=O)CC1.CNC1CCS(=O)(=O)CC1.CS(=O)(=O)c1ccc(Br)cn1.Cc1cc2c(-c3ccc(S(C)(=O)=O)nc3)ccnc2[nH]1.Cc1cc2c(B(O)O)ccnc2n1S(=O)(=O)c1ccccc1.Cc1cc2c(Br)ccnc2n1S(=O)(=O)c1ccccc1.NC1CCNCC1.NCC(O)CO. The number of H-pyrrole nitrogens is 1. The summed E-state index contributed by atoms with van der Waals surface area (Å²) in [7, 11) is -17.4. The van der Waals surface area contributed by atoms with Crippen LogP contribution in [0.1, 0.15) is 108 Å². The summed E-state index contributed by atoms with van der Waals surface area (Å²) < 4.78 is 154. The Morgan fingerprint density at radius 1 is 0.570 bits per heavy atom. The van der Waals surface area contributed by atoms with Gasteiger partial charge in [0.15, 0.2) is 46.8 Å². The van der Waals surface area contributed by atoms with Crippen LogP contribution in [-0.4, -0.2) is 303 Å². The van der Waals surface area contributed by atoms with E-state index >= 15 is 0 Å². The van der Waals surface area contributed by atoms with E-state index in [9.17, 15) is 60.6 Å². The Hall–Kier alpha value is -7.08. The van der Waals surface area contributed by atoms with E-state index in [1.165, 1.54) is 98.6 Å². The second-order valence-corrected chi connectivity index (χ2v) is 47.2. The fraction of sp³-hybridized carbons (Fsp3) is 0.511. The predicted molar refractivity (Wildman–Crippen MR) is 541 cm³/mol. The Balaban J connectivity index is 0.000000233. The number of fused-ring (bicyclic) bond motifs is 3. The van der Waals surface area contributed by atoms with Gasteiger partial charge in [0.05, 0.1) is 58.2 Å². The topological polar surface area (TPSA) is 582 Å². The Kier molecular flexibility index (Phi) is 49.2. The van der Waals surface area contributed by atoms with Crippen molar-refractivity contribution in [2.45, 2.75) is 180 Å². The molecule has 37 nitrogen and oxygen atoms in total. The van der Waals surface area contributed by atoms with Gasteiger partial charge in [0.2, 0.25) is 0 Å². The van der Waals surface area contributed by atoms with E-state index in [0.717, 1.165) is 136 Å². The Labute approximate surface area is 813 Å². The number of aromatic amines is 1. The van der Waals surface area contributed by atoms with Crippen molar-refractivity contribution in [2.24, 2.45) is 22.9 Å². The van der Waals surface area contributed by atoms with E-state index < -0.39 is 78.4 Å². The van der Waals surface area contributed by atoms with Gasteiger partial charge in [0.25, 0.3) is 20.0 Å². The molecule has 0 bridgehead atoms. The summed E-state index contributed by atoms with van der Waals surface area (Å²) in [5.41, 5.74) is 27.1. The summed E-state index contributed by atoms with van der Waals surface area (Å²) in [6.07, 6.45) is 22.3. The number of hydrogen-bond acceptors (Lipinski definition) is 34. The fourth-order valence-electron chi connectivity index (χ4n) is 14.1. The molecule has 0 saturated carbocycles. The van der Waals surface area contributed by atoms with Gasteiger partial charge in [-0.25, -0.2) is 83.4 Å². The Bertz CT molecular complexity index is 5850. The molecule has 19 N–H and O–H groups in total. The quantitative estimate of drug-likeness (QED) is 0.0629. The minimum atomic E-state index is -3.80. The molecule has 7 aliphatic rings. The molecule has 7 aliphatic heterocycles. The molecule has 47 heteroatoms. The first-order valence-corrected chi connectivity index (χ1v) is 56.4. The maximum atomic E-state index is 12.8. The molecule has 2 atom stereocenters. The van der Waals surface area contributed by atoms with Crippen LogP contribution in [0.3, 0.4) is 0 Å². The van der Waals surface area contributed by atoms with Crippen LogP contribution >= 0.6 is 31.9 Å². The minimum Gasteiger partial charge on any atom is -0.437 e. The normalized spacial score (nSPS) is 17.9. The van der Waals surface area contributed by atoms with Crippen LogP contribution in [-0.2, 0) is 68.9 Å². The Morgan fingerprint density at radius 3 is 1.38 bits per heavy atom. The zero-order valence-electron chi connectivity index (χ0n) is 78.4. The predicted octanol–water partition coefficient (Wildman–Crippen LogP) is 5.11. The summed E-state index contributed by atoms with van der Waals surface area (Å²) in [6, 6.07) is 35.0. The van der Waals surface area contributed by atoms with E-state index in [1.54, 1.807) is 112 Å². The number of aliphatic hydroxyl groups is 2. The number of piperidine rings is 2. The molecule has 15 heterocycles. The van der Waals surface area contributed by atoms with Crippen molar-refractivity contribution >= 4 is 144 Å². The molecular formula is C88H136B2Br2N18O19S6. The number of pyridine rings is 5. The second-order valence-electron chi connectivity index (χ2n) is 33.3. The van der Waals surface area contributed by atoms with Gasteiger partial charge in [-0.2, -0.15) is 0 Å². The first kappa shape index (κ1) is 117. The van der Waals surface area contributed by atoms with Gasteiger partial charge in [-0.1, -0.05) is 36.4 Å². The van der Waals surface area contributed by atoms with E-state index in [0.29, 0.717) is 82.8 Å². The molecule has 8 aromatic heterocycles. The maximum Gasteiger partial charge on any atom is 0.489 e. The lowest BCUT2D eigenvalue weighted by atomic mass is 9.79. The molecular weight excluding hydrogens is 1990 g/mol. The van der Waals surface area contributed by atoms with E-state index in [2.05, 4.69) is 88.3 Å². The molecule has 748 valence electrons. The molecule has 17 rings (SSSR count). The van der Waals surface area contributed by atoms with Crippen molar-refractivity contribution < 1.29 is 85.3 Å². The maximum absolute atomic E-state index is 12.8. The number of nitrogens with two attached hydrogens (primary N) is 4. The number of rotatable bonds is 14. The lowest BCUT2D eigenvalue weighted by Gasteiger charge is -2.30. The summed E-state index contributed by atoms with van der Waals surface area (Å²) in [5, 5.41) is 62.5. The first-order chi connectivity index (χ1) is 63.7. The van der Waals surface area contributed by atoms with Gasteiger partial charge in [-0.15, -0.1) is 0 Å². The second kappa shape index (κ2) is 57.0. The van der Waals surface area contributed by atoms with Crippen molar-refractivity contribution in [1.82, 2.24) is 69.2 Å². The zero-order chi connectivity index (χ0) is 99.9. The minimum absolute atomic E-state index is 0.0804. The van der Waals surface area contributed by atoms with Gasteiger partial charge >= 0.3 is 14.2 Å². The number of nitrogens with zero attached hydrogens (tertiary/aromatic N) is 8. The average Bonchev–Trinajstić information content (AvgIpc) is 1.61. The van der Waals surface area contributed by atoms with Gasteiger partial charge in [0.1, 0.15) is 25.3 Å². The van der Waals surface area contributed by atoms with Crippen LogP contribution in [0.5, 0.6) is 0 Å². The van der Waals surface area contributed by atoms with Crippen molar-refractivity contribution in [3.8, 4) is 11.1 Å². The van der Waals surface area contributed by atoms with Crippen LogP contribution in [0.4, 0.5) is 0 Å².